The minimum Gasteiger partial charge on any atom is -0.481 e. The molecule has 1 rings (SSSR count). The molecule has 2 N–H and O–H groups in total. The van der Waals surface area contributed by atoms with Crippen LogP contribution in [0.5, 0.6) is 0 Å². The molecule has 0 aromatic heterocycles. The average molecular weight is 304 g/mol. The summed E-state index contributed by atoms with van der Waals surface area (Å²) < 4.78 is 0. The Bertz CT molecular complexity index is 477. The molecule has 0 aliphatic carbocycles. The minimum absolute atomic E-state index is 0.143. The van der Waals surface area contributed by atoms with Crippen LogP contribution in [0.25, 0.3) is 0 Å². The number of benzene rings is 1. The van der Waals surface area contributed by atoms with Crippen LogP contribution in [0, 0.1) is 5.92 Å². The molecule has 1 aromatic rings. The predicted octanol–water partition coefficient (Wildman–Crippen LogP) is 3.82. The fraction of sp³-hybridized carbons (Fsp3) is 0.385. The quantitative estimate of drug-likeness (QED) is 0.839. The highest BCUT2D eigenvalue weighted by Gasteiger charge is 2.16. The van der Waals surface area contributed by atoms with E-state index >= 15 is 0 Å². The molecule has 1 amide bonds. The SMILES string of the molecule is CC[C@@H](CCC(=O)Nc1ccc(Cl)cc1Cl)C(=O)O. The van der Waals surface area contributed by atoms with E-state index in [-0.39, 0.29) is 12.3 Å². The molecule has 0 saturated heterocycles. The molecule has 1 aromatic carbocycles. The van der Waals surface area contributed by atoms with Crippen molar-refractivity contribution in [1.29, 1.82) is 0 Å². The third-order valence-corrected chi connectivity index (χ3v) is 3.31. The number of carboxylic acids is 1. The van der Waals surface area contributed by atoms with Crippen LogP contribution in [0.2, 0.25) is 10.0 Å². The number of carboxylic acid groups (broad SMARTS) is 1. The molecule has 0 fully saturated rings. The van der Waals surface area contributed by atoms with Gasteiger partial charge in [-0.25, -0.2) is 0 Å². The second-order valence-electron chi connectivity index (χ2n) is 4.15. The Kier molecular flexibility index (Phi) is 6.12. The lowest BCUT2D eigenvalue weighted by Crippen LogP contribution is -2.17. The van der Waals surface area contributed by atoms with Crippen molar-refractivity contribution in [2.45, 2.75) is 26.2 Å². The van der Waals surface area contributed by atoms with Gasteiger partial charge in [0.25, 0.3) is 0 Å². The molecule has 0 heterocycles. The number of nitrogens with one attached hydrogen (secondary N) is 1. The number of carbonyl (C=O) groups excluding carboxylic acids is 1. The largest absolute Gasteiger partial charge is 0.481 e. The number of hydrogen-bond donors (Lipinski definition) is 2. The number of rotatable bonds is 6. The summed E-state index contributed by atoms with van der Waals surface area (Å²) in [6.45, 7) is 1.78. The molecule has 104 valence electrons. The van der Waals surface area contributed by atoms with Crippen LogP contribution in [0.15, 0.2) is 18.2 Å². The normalized spacial score (nSPS) is 11.9. The summed E-state index contributed by atoms with van der Waals surface area (Å²) in [6.07, 6.45) is 0.955. The standard InChI is InChI=1S/C13H15Cl2NO3/c1-2-8(13(18)19)3-6-12(17)16-11-5-4-9(14)7-10(11)15/h4-5,7-8H,2-3,6H2,1H3,(H,16,17)(H,18,19)/t8-/m0/s1. The maximum atomic E-state index is 11.7. The van der Waals surface area contributed by atoms with Gasteiger partial charge in [0.05, 0.1) is 16.6 Å². The summed E-state index contributed by atoms with van der Waals surface area (Å²) in [7, 11) is 0. The smallest absolute Gasteiger partial charge is 0.306 e. The Balaban J connectivity index is 2.53. The Morgan fingerprint density at radius 2 is 2.05 bits per heavy atom. The molecule has 0 bridgehead atoms. The van der Waals surface area contributed by atoms with Crippen LogP contribution < -0.4 is 5.32 Å². The van der Waals surface area contributed by atoms with Crippen molar-refractivity contribution in [1.82, 2.24) is 0 Å². The van der Waals surface area contributed by atoms with E-state index in [2.05, 4.69) is 5.32 Å². The molecular formula is C13H15Cl2NO3. The molecule has 1 atom stereocenters. The van der Waals surface area contributed by atoms with Gasteiger partial charge in [0.15, 0.2) is 0 Å². The Labute approximate surface area is 121 Å². The molecule has 19 heavy (non-hydrogen) atoms. The number of amides is 1. The van der Waals surface area contributed by atoms with Crippen molar-refractivity contribution in [3.63, 3.8) is 0 Å². The second-order valence-corrected chi connectivity index (χ2v) is 5.00. The first-order valence-corrected chi connectivity index (χ1v) is 6.67. The topological polar surface area (TPSA) is 66.4 Å². The lowest BCUT2D eigenvalue weighted by atomic mass is 10.0. The van der Waals surface area contributed by atoms with Gasteiger partial charge in [-0.2, -0.15) is 0 Å². The summed E-state index contributed by atoms with van der Waals surface area (Å²) in [5.74, 6) is -1.63. The molecule has 6 heteroatoms. The van der Waals surface area contributed by atoms with E-state index in [1.165, 1.54) is 6.07 Å². The molecule has 0 aliphatic rings. The summed E-state index contributed by atoms with van der Waals surface area (Å²) in [5, 5.41) is 12.4. The van der Waals surface area contributed by atoms with Crippen molar-refractivity contribution in [3.05, 3.63) is 28.2 Å². The average Bonchev–Trinajstić information content (AvgIpc) is 2.33. The van der Waals surface area contributed by atoms with E-state index in [9.17, 15) is 9.59 Å². The monoisotopic (exact) mass is 303 g/mol. The zero-order chi connectivity index (χ0) is 14.4. The zero-order valence-electron chi connectivity index (χ0n) is 10.5. The first kappa shape index (κ1) is 15.8. The first-order chi connectivity index (χ1) is 8.93. The van der Waals surface area contributed by atoms with Crippen molar-refractivity contribution >= 4 is 40.8 Å². The summed E-state index contributed by atoms with van der Waals surface area (Å²) in [6, 6.07) is 4.76. The molecular weight excluding hydrogens is 289 g/mol. The first-order valence-electron chi connectivity index (χ1n) is 5.91. The predicted molar refractivity (Wildman–Crippen MR) is 75.7 cm³/mol. The lowest BCUT2D eigenvalue weighted by Gasteiger charge is -2.10. The van der Waals surface area contributed by atoms with E-state index in [1.807, 2.05) is 0 Å². The highest BCUT2D eigenvalue weighted by molar-refractivity contribution is 6.36. The van der Waals surface area contributed by atoms with Gasteiger partial charge >= 0.3 is 5.97 Å². The molecule has 0 saturated carbocycles. The van der Waals surface area contributed by atoms with Crippen LogP contribution in [-0.2, 0) is 9.59 Å². The summed E-state index contributed by atoms with van der Waals surface area (Å²) in [5.41, 5.74) is 0.472. The van der Waals surface area contributed by atoms with Crippen molar-refractivity contribution in [3.8, 4) is 0 Å². The zero-order valence-corrected chi connectivity index (χ0v) is 12.0. The van der Waals surface area contributed by atoms with Crippen molar-refractivity contribution in [2.75, 3.05) is 5.32 Å². The molecule has 0 aliphatic heterocycles. The van der Waals surface area contributed by atoms with E-state index in [4.69, 9.17) is 28.3 Å². The van der Waals surface area contributed by atoms with Crippen LogP contribution in [0.4, 0.5) is 5.69 Å². The number of hydrogen-bond acceptors (Lipinski definition) is 2. The third kappa shape index (κ3) is 5.09. The molecule has 0 spiro atoms. The minimum atomic E-state index is -0.875. The van der Waals surface area contributed by atoms with Gasteiger partial charge in [-0.3, -0.25) is 9.59 Å². The van der Waals surface area contributed by atoms with E-state index in [1.54, 1.807) is 19.1 Å². The van der Waals surface area contributed by atoms with E-state index < -0.39 is 11.9 Å². The van der Waals surface area contributed by atoms with Gasteiger partial charge < -0.3 is 10.4 Å². The molecule has 4 nitrogen and oxygen atoms in total. The maximum absolute atomic E-state index is 11.7. The van der Waals surface area contributed by atoms with Gasteiger partial charge in [-0.15, -0.1) is 0 Å². The fourth-order valence-electron chi connectivity index (χ4n) is 1.61. The van der Waals surface area contributed by atoms with Gasteiger partial charge in [-0.1, -0.05) is 30.1 Å². The second kappa shape index (κ2) is 7.36. The molecule has 0 radical (unpaired) electrons. The van der Waals surface area contributed by atoms with Crippen LogP contribution in [-0.4, -0.2) is 17.0 Å². The number of anilines is 1. The van der Waals surface area contributed by atoms with Crippen molar-refractivity contribution < 1.29 is 14.7 Å². The van der Waals surface area contributed by atoms with Crippen LogP contribution in [0.1, 0.15) is 26.2 Å². The fourth-order valence-corrected chi connectivity index (χ4v) is 2.07. The highest BCUT2D eigenvalue weighted by atomic mass is 35.5. The third-order valence-electron chi connectivity index (χ3n) is 2.77. The van der Waals surface area contributed by atoms with Crippen LogP contribution >= 0.6 is 23.2 Å². The Morgan fingerprint density at radius 3 is 2.58 bits per heavy atom. The molecule has 0 unspecified atom stereocenters. The number of halogens is 2. The van der Waals surface area contributed by atoms with Crippen LogP contribution in [0.3, 0.4) is 0 Å². The van der Waals surface area contributed by atoms with Gasteiger partial charge in [0.1, 0.15) is 0 Å². The lowest BCUT2D eigenvalue weighted by molar-refractivity contribution is -0.142. The van der Waals surface area contributed by atoms with E-state index in [0.717, 1.165) is 0 Å². The highest BCUT2D eigenvalue weighted by Crippen LogP contribution is 2.25. The number of aliphatic carboxylic acids is 1. The summed E-state index contributed by atoms with van der Waals surface area (Å²) >= 11 is 11.7. The van der Waals surface area contributed by atoms with E-state index in [0.29, 0.717) is 28.6 Å². The summed E-state index contributed by atoms with van der Waals surface area (Å²) in [4.78, 5) is 22.5. The Morgan fingerprint density at radius 1 is 1.37 bits per heavy atom. The van der Waals surface area contributed by atoms with Gasteiger partial charge in [0.2, 0.25) is 5.91 Å². The van der Waals surface area contributed by atoms with Crippen molar-refractivity contribution in [2.24, 2.45) is 5.92 Å². The Hall–Kier alpha value is -1.26. The van der Waals surface area contributed by atoms with Gasteiger partial charge in [0, 0.05) is 11.4 Å². The number of carbonyl (C=O) groups is 2. The van der Waals surface area contributed by atoms with Gasteiger partial charge in [-0.05, 0) is 31.0 Å². The maximum Gasteiger partial charge on any atom is 0.306 e.